The van der Waals surface area contributed by atoms with Crippen LogP contribution in [0.15, 0.2) is 35.3 Å². The van der Waals surface area contributed by atoms with Crippen molar-refractivity contribution in [3.8, 4) is 6.07 Å². The Labute approximate surface area is 221 Å². The summed E-state index contributed by atoms with van der Waals surface area (Å²) in [6.07, 6.45) is -1.58. The number of nitrogens with one attached hydrogen (secondary N) is 1. The molecule has 39 heavy (non-hydrogen) atoms. The maximum absolute atomic E-state index is 13.5. The number of alkyl halides is 3. The molecule has 2 aliphatic heterocycles. The van der Waals surface area contributed by atoms with Crippen molar-refractivity contribution in [2.45, 2.75) is 44.1 Å². The Morgan fingerprint density at radius 2 is 1.85 bits per heavy atom. The lowest BCUT2D eigenvalue weighted by molar-refractivity contribution is -0.385. The fourth-order valence-electron chi connectivity index (χ4n) is 5.82. The van der Waals surface area contributed by atoms with Crippen LogP contribution in [-0.4, -0.2) is 51.6 Å². The molecule has 0 aliphatic carbocycles. The monoisotopic (exact) mass is 541 g/mol. The van der Waals surface area contributed by atoms with Gasteiger partial charge < -0.3 is 19.7 Å². The minimum atomic E-state index is -4.77. The highest BCUT2D eigenvalue weighted by Gasteiger charge is 2.40. The van der Waals surface area contributed by atoms with Crippen molar-refractivity contribution in [1.29, 1.82) is 5.26 Å². The molecule has 0 amide bonds. The van der Waals surface area contributed by atoms with Gasteiger partial charge in [-0.25, -0.2) is 4.98 Å². The molecule has 2 bridgehead atoms. The Hall–Kier alpha value is -4.18. The van der Waals surface area contributed by atoms with Gasteiger partial charge in [0.1, 0.15) is 17.6 Å². The number of halogens is 3. The van der Waals surface area contributed by atoms with Gasteiger partial charge in [0.25, 0.3) is 11.2 Å². The minimum absolute atomic E-state index is 0.0398. The smallest absolute Gasteiger partial charge is 0.363 e. The van der Waals surface area contributed by atoms with E-state index >= 15 is 0 Å². The first-order valence-corrected chi connectivity index (χ1v) is 12.4. The predicted molar refractivity (Wildman–Crippen MR) is 139 cm³/mol. The molecule has 0 radical (unpaired) electrons. The maximum Gasteiger partial charge on any atom is 0.416 e. The first kappa shape index (κ1) is 26.4. The molecule has 2 aliphatic rings. The number of nitro benzene ring substituents is 1. The van der Waals surface area contributed by atoms with E-state index in [0.29, 0.717) is 22.7 Å². The number of nitro groups is 1. The van der Waals surface area contributed by atoms with Gasteiger partial charge in [0.2, 0.25) is 0 Å². The molecule has 10 nitrogen and oxygen atoms in total. The number of benzene rings is 1. The molecule has 3 atom stereocenters. The average molecular weight is 542 g/mol. The number of anilines is 2. The van der Waals surface area contributed by atoms with Crippen LogP contribution in [0.2, 0.25) is 0 Å². The second kappa shape index (κ2) is 9.53. The van der Waals surface area contributed by atoms with Crippen LogP contribution in [0.1, 0.15) is 42.5 Å². The van der Waals surface area contributed by atoms with Crippen LogP contribution < -0.4 is 15.8 Å². The Bertz CT molecular complexity index is 1570. The van der Waals surface area contributed by atoms with Crippen molar-refractivity contribution in [1.82, 2.24) is 14.5 Å². The van der Waals surface area contributed by atoms with Crippen molar-refractivity contribution < 1.29 is 18.1 Å². The summed E-state index contributed by atoms with van der Waals surface area (Å²) < 4.78 is 41.8. The van der Waals surface area contributed by atoms with Gasteiger partial charge in [-0.05, 0) is 44.5 Å². The molecule has 3 aromatic rings. The van der Waals surface area contributed by atoms with E-state index in [-0.39, 0.29) is 34.6 Å². The third-order valence-electron chi connectivity index (χ3n) is 7.62. The second-order valence-electron chi connectivity index (χ2n) is 10.2. The number of hydrogen-bond acceptors (Lipinski definition) is 8. The summed E-state index contributed by atoms with van der Waals surface area (Å²) in [5.74, 6) is 0.245. The summed E-state index contributed by atoms with van der Waals surface area (Å²) in [5, 5.41) is 24.6. The van der Waals surface area contributed by atoms with Crippen molar-refractivity contribution in [2.24, 2.45) is 7.05 Å². The molecular weight excluding hydrogens is 515 g/mol. The highest BCUT2D eigenvalue weighted by Crippen LogP contribution is 2.37. The first-order chi connectivity index (χ1) is 18.4. The van der Waals surface area contributed by atoms with Gasteiger partial charge in [0.05, 0.1) is 27.6 Å². The first-order valence-electron chi connectivity index (χ1n) is 12.4. The van der Waals surface area contributed by atoms with E-state index in [1.807, 2.05) is 7.05 Å². The summed E-state index contributed by atoms with van der Waals surface area (Å²) in [4.78, 5) is 32.7. The fourth-order valence-corrected chi connectivity index (χ4v) is 5.82. The number of nitriles is 1. The normalized spacial score (nSPS) is 20.2. The highest BCUT2D eigenvalue weighted by atomic mass is 19.4. The van der Waals surface area contributed by atoms with E-state index in [1.165, 1.54) is 10.8 Å². The summed E-state index contributed by atoms with van der Waals surface area (Å²) in [6, 6.07) is 5.70. The highest BCUT2D eigenvalue weighted by molar-refractivity contribution is 5.95. The molecule has 2 unspecified atom stereocenters. The van der Waals surface area contributed by atoms with E-state index in [9.17, 15) is 33.3 Å². The number of aromatic nitrogens is 2. The average Bonchev–Trinajstić information content (AvgIpc) is 3.15. The number of pyridine rings is 2. The van der Waals surface area contributed by atoms with Gasteiger partial charge in [-0.15, -0.1) is 0 Å². The molecule has 13 heteroatoms. The number of non-ortho nitro benzene ring substituents is 1. The van der Waals surface area contributed by atoms with Gasteiger partial charge in [0, 0.05) is 55.9 Å². The number of piperazine rings is 1. The van der Waals surface area contributed by atoms with Crippen molar-refractivity contribution in [3.63, 3.8) is 0 Å². The molecule has 2 aromatic heterocycles. The van der Waals surface area contributed by atoms with Gasteiger partial charge >= 0.3 is 6.18 Å². The van der Waals surface area contributed by atoms with Crippen molar-refractivity contribution in [2.75, 3.05) is 30.4 Å². The van der Waals surface area contributed by atoms with Gasteiger partial charge in [-0.2, -0.15) is 18.4 Å². The van der Waals surface area contributed by atoms with E-state index in [2.05, 4.69) is 26.2 Å². The molecule has 204 valence electrons. The Morgan fingerprint density at radius 1 is 1.18 bits per heavy atom. The van der Waals surface area contributed by atoms with Crippen LogP contribution in [0.4, 0.5) is 30.4 Å². The van der Waals surface area contributed by atoms with Crippen molar-refractivity contribution >= 4 is 28.1 Å². The van der Waals surface area contributed by atoms with Crippen LogP contribution in [0.5, 0.6) is 0 Å². The third kappa shape index (κ3) is 4.65. The largest absolute Gasteiger partial charge is 0.416 e. The topological polar surface area (TPSA) is 120 Å². The number of nitrogens with zero attached hydrogens (tertiary/aromatic N) is 6. The lowest BCUT2D eigenvalue weighted by Gasteiger charge is -2.40. The Kier molecular flexibility index (Phi) is 6.46. The fraction of sp³-hybridized carbons (Fsp3) is 0.423. The SMILES string of the molecule is C[C@@H](Nc1ncc(C#N)c2c1cc(N1C3CCC1CN(C)C3)c(=O)n2C)c1cc([N+](=O)[O-])cc(C(F)(F)F)c1. The van der Waals surface area contributed by atoms with Gasteiger partial charge in [-0.1, -0.05) is 0 Å². The molecule has 0 saturated carbocycles. The number of likely N-dealkylation sites (tertiary alicyclic amines) is 1. The Morgan fingerprint density at radius 3 is 2.44 bits per heavy atom. The zero-order chi connectivity index (χ0) is 28.2. The minimum Gasteiger partial charge on any atom is -0.363 e. The molecule has 5 rings (SSSR count). The number of rotatable bonds is 5. The number of likely N-dealkylation sites (N-methyl/N-ethyl adjacent to an activating group) is 1. The molecule has 4 heterocycles. The van der Waals surface area contributed by atoms with Gasteiger partial charge in [0.15, 0.2) is 0 Å². The summed E-state index contributed by atoms with van der Waals surface area (Å²) in [6.45, 7) is 3.18. The van der Waals surface area contributed by atoms with E-state index in [4.69, 9.17) is 0 Å². The molecule has 0 spiro atoms. The van der Waals surface area contributed by atoms with Gasteiger partial charge in [-0.3, -0.25) is 14.9 Å². The predicted octanol–water partition coefficient (Wildman–Crippen LogP) is 4.19. The summed E-state index contributed by atoms with van der Waals surface area (Å²) in [7, 11) is 3.63. The molecular formula is C26H26F3N7O3. The van der Waals surface area contributed by atoms with Crippen molar-refractivity contribution in [3.05, 3.63) is 67.6 Å². The van der Waals surface area contributed by atoms with E-state index in [1.54, 1.807) is 20.0 Å². The second-order valence-corrected chi connectivity index (χ2v) is 10.2. The third-order valence-corrected chi connectivity index (χ3v) is 7.62. The van der Waals surface area contributed by atoms with Crippen LogP contribution in [-0.2, 0) is 13.2 Å². The number of fused-ring (bicyclic) bond motifs is 3. The molecule has 2 fully saturated rings. The zero-order valence-corrected chi connectivity index (χ0v) is 21.5. The molecule has 1 N–H and O–H groups in total. The number of hydrogen-bond donors (Lipinski definition) is 1. The standard InChI is InChI=1S/C26H26F3N7O3/c1-14(15-6-17(26(27,28)29)8-20(7-15)36(38)39)32-24-21-9-22(35-18-4-5-19(35)13-33(2)12-18)25(37)34(3)23(21)16(10-30)11-31-24/h6-9,11,14,18-19H,4-5,12-13H2,1-3H3,(H,31,32)/t14-,18?,19?/m1/s1. The zero-order valence-electron chi connectivity index (χ0n) is 21.5. The van der Waals surface area contributed by atoms with Crippen LogP contribution in [0.3, 0.4) is 0 Å². The van der Waals surface area contributed by atoms with Crippen LogP contribution in [0.25, 0.3) is 10.9 Å². The number of aryl methyl sites for hydroxylation is 1. The maximum atomic E-state index is 13.5. The quantitative estimate of drug-likeness (QED) is 0.377. The summed E-state index contributed by atoms with van der Waals surface area (Å²) in [5.41, 5.74) is -1.03. The van der Waals surface area contributed by atoms with E-state index in [0.717, 1.165) is 38.1 Å². The van der Waals surface area contributed by atoms with Crippen LogP contribution in [0, 0.1) is 21.4 Å². The van der Waals surface area contributed by atoms with Crippen LogP contribution >= 0.6 is 0 Å². The van der Waals surface area contributed by atoms with E-state index < -0.39 is 28.4 Å². The Balaban J connectivity index is 1.62. The lowest BCUT2D eigenvalue weighted by Crippen LogP contribution is -2.54. The molecule has 2 saturated heterocycles. The summed E-state index contributed by atoms with van der Waals surface area (Å²) >= 11 is 0. The molecule has 1 aromatic carbocycles. The lowest BCUT2D eigenvalue weighted by atomic mass is 10.0.